The van der Waals surface area contributed by atoms with Gasteiger partial charge >= 0.3 is 5.97 Å². The van der Waals surface area contributed by atoms with Gasteiger partial charge in [0.2, 0.25) is 0 Å². The molecular formula is C13H18N2O2S. The van der Waals surface area contributed by atoms with Gasteiger partial charge in [-0.15, -0.1) is 0 Å². The maximum Gasteiger partial charge on any atom is 0.317 e. The number of rotatable bonds is 4. The minimum absolute atomic E-state index is 0.410. The Hall–Kier alpha value is -1.10. The second-order valence-corrected chi connectivity index (χ2v) is 5.71. The zero-order chi connectivity index (χ0) is 13.0. The van der Waals surface area contributed by atoms with Crippen molar-refractivity contribution < 1.29 is 9.90 Å². The summed E-state index contributed by atoms with van der Waals surface area (Å²) >= 11 is 1.37. The molecule has 4 nitrogen and oxygen atoms in total. The van der Waals surface area contributed by atoms with Crippen molar-refractivity contribution in [1.82, 2.24) is 9.97 Å². The molecule has 1 unspecified atom stereocenters. The number of aliphatic carboxylic acids is 1. The first-order valence-electron chi connectivity index (χ1n) is 6.44. The number of fused-ring (bicyclic) bond motifs is 1. The largest absolute Gasteiger partial charge is 0.480 e. The van der Waals surface area contributed by atoms with Crippen LogP contribution in [0.2, 0.25) is 0 Å². The second-order valence-electron chi connectivity index (χ2n) is 4.52. The van der Waals surface area contributed by atoms with Gasteiger partial charge in [-0.1, -0.05) is 25.1 Å². The lowest BCUT2D eigenvalue weighted by Gasteiger charge is -2.13. The molecule has 1 aliphatic carbocycles. The Kier molecular flexibility index (Phi) is 4.58. The van der Waals surface area contributed by atoms with Crippen LogP contribution in [0, 0.1) is 0 Å². The monoisotopic (exact) mass is 266 g/mol. The topological polar surface area (TPSA) is 63.1 Å². The van der Waals surface area contributed by atoms with Gasteiger partial charge in [-0.2, -0.15) is 0 Å². The predicted octanol–water partition coefficient (Wildman–Crippen LogP) is 2.70. The molecule has 1 atom stereocenters. The van der Waals surface area contributed by atoms with Crippen molar-refractivity contribution in [2.45, 2.75) is 55.7 Å². The van der Waals surface area contributed by atoms with Crippen LogP contribution in [0.25, 0.3) is 0 Å². The van der Waals surface area contributed by atoms with E-state index in [2.05, 4.69) is 9.97 Å². The molecule has 0 saturated heterocycles. The van der Waals surface area contributed by atoms with Crippen LogP contribution in [0.15, 0.2) is 11.4 Å². The molecule has 5 heteroatoms. The lowest BCUT2D eigenvalue weighted by atomic mass is 10.1. The Labute approximate surface area is 111 Å². The van der Waals surface area contributed by atoms with Crippen LogP contribution < -0.4 is 0 Å². The van der Waals surface area contributed by atoms with Crippen LogP contribution in [-0.2, 0) is 17.6 Å². The summed E-state index contributed by atoms with van der Waals surface area (Å²) in [6, 6.07) is 0. The van der Waals surface area contributed by atoms with Crippen LogP contribution in [0.3, 0.4) is 0 Å². The van der Waals surface area contributed by atoms with Gasteiger partial charge < -0.3 is 5.11 Å². The third kappa shape index (κ3) is 3.02. The second kappa shape index (κ2) is 6.18. The third-order valence-electron chi connectivity index (χ3n) is 3.24. The van der Waals surface area contributed by atoms with E-state index in [-0.39, 0.29) is 0 Å². The van der Waals surface area contributed by atoms with Gasteiger partial charge in [-0.3, -0.25) is 4.79 Å². The number of nitrogens with zero attached hydrogens (tertiary/aromatic N) is 2. The van der Waals surface area contributed by atoms with E-state index in [0.29, 0.717) is 6.42 Å². The fourth-order valence-electron chi connectivity index (χ4n) is 2.21. The maximum atomic E-state index is 11.1. The van der Waals surface area contributed by atoms with E-state index >= 15 is 0 Å². The smallest absolute Gasteiger partial charge is 0.317 e. The highest BCUT2D eigenvalue weighted by atomic mass is 32.2. The summed E-state index contributed by atoms with van der Waals surface area (Å²) in [5, 5.41) is 9.59. The van der Waals surface area contributed by atoms with Gasteiger partial charge in [-0.25, -0.2) is 9.97 Å². The first kappa shape index (κ1) is 13.3. The highest BCUT2D eigenvalue weighted by Crippen LogP contribution is 2.31. The normalized spacial score (nSPS) is 16.7. The Morgan fingerprint density at radius 3 is 2.89 bits per heavy atom. The zero-order valence-electron chi connectivity index (χ0n) is 10.6. The summed E-state index contributed by atoms with van der Waals surface area (Å²) in [5.74, 6) is -0.761. The fraction of sp³-hybridized carbons (Fsp3) is 0.615. The number of aromatic nitrogens is 2. The molecule has 0 radical (unpaired) electrons. The number of carboxylic acid groups (broad SMARTS) is 1. The lowest BCUT2D eigenvalue weighted by molar-refractivity contribution is -0.136. The van der Waals surface area contributed by atoms with Crippen LogP contribution >= 0.6 is 11.8 Å². The van der Waals surface area contributed by atoms with E-state index in [9.17, 15) is 4.79 Å². The van der Waals surface area contributed by atoms with E-state index in [1.165, 1.54) is 30.2 Å². The molecule has 1 aromatic rings. The average molecular weight is 266 g/mol. The van der Waals surface area contributed by atoms with Crippen molar-refractivity contribution >= 4 is 17.7 Å². The molecule has 98 valence electrons. The molecule has 2 rings (SSSR count). The van der Waals surface area contributed by atoms with Gasteiger partial charge in [0.15, 0.2) is 0 Å². The quantitative estimate of drug-likeness (QED) is 0.516. The van der Waals surface area contributed by atoms with E-state index < -0.39 is 11.2 Å². The van der Waals surface area contributed by atoms with Crippen molar-refractivity contribution in [3.63, 3.8) is 0 Å². The summed E-state index contributed by atoms with van der Waals surface area (Å²) in [4.78, 5) is 19.7. The van der Waals surface area contributed by atoms with E-state index in [1.807, 2.05) is 6.92 Å². The van der Waals surface area contributed by atoms with Crippen molar-refractivity contribution in [2.75, 3.05) is 0 Å². The van der Waals surface area contributed by atoms with Crippen molar-refractivity contribution in [1.29, 1.82) is 0 Å². The fourth-order valence-corrected chi connectivity index (χ4v) is 3.22. The summed E-state index contributed by atoms with van der Waals surface area (Å²) in [7, 11) is 0. The standard InChI is InChI=1S/C13H18N2O2S/c1-2-11(13(16)17)18-12-9-6-4-3-5-7-10(9)14-8-15-12/h8,11H,2-7H2,1H3,(H,16,17). The van der Waals surface area contributed by atoms with Gasteiger partial charge in [0.05, 0.1) is 0 Å². The highest BCUT2D eigenvalue weighted by molar-refractivity contribution is 8.00. The van der Waals surface area contributed by atoms with E-state index in [0.717, 1.165) is 30.0 Å². The van der Waals surface area contributed by atoms with Crippen molar-refractivity contribution in [3.8, 4) is 0 Å². The predicted molar refractivity (Wildman–Crippen MR) is 70.9 cm³/mol. The molecule has 0 spiro atoms. The molecule has 0 aliphatic heterocycles. The number of carbonyl (C=O) groups is 1. The Morgan fingerprint density at radius 1 is 1.39 bits per heavy atom. The van der Waals surface area contributed by atoms with E-state index in [1.54, 1.807) is 6.33 Å². The molecule has 0 saturated carbocycles. The molecule has 0 aromatic carbocycles. The first-order chi connectivity index (χ1) is 8.72. The molecule has 1 heterocycles. The summed E-state index contributed by atoms with van der Waals surface area (Å²) in [6.07, 6.45) is 7.70. The number of hydrogen-bond acceptors (Lipinski definition) is 4. The Bertz CT molecular complexity index is 437. The molecule has 1 aliphatic rings. The van der Waals surface area contributed by atoms with Gasteiger partial charge in [0.1, 0.15) is 16.6 Å². The van der Waals surface area contributed by atoms with E-state index in [4.69, 9.17) is 5.11 Å². The SMILES string of the molecule is CCC(Sc1ncnc2c1CCCCC2)C(=O)O. The van der Waals surface area contributed by atoms with Crippen LogP contribution in [0.5, 0.6) is 0 Å². The number of thioether (sulfide) groups is 1. The number of hydrogen-bond donors (Lipinski definition) is 1. The van der Waals surface area contributed by atoms with Crippen LogP contribution in [-0.4, -0.2) is 26.3 Å². The summed E-state index contributed by atoms with van der Waals surface area (Å²) in [5.41, 5.74) is 2.30. The van der Waals surface area contributed by atoms with Crippen molar-refractivity contribution in [2.24, 2.45) is 0 Å². The molecule has 18 heavy (non-hydrogen) atoms. The number of aryl methyl sites for hydroxylation is 1. The summed E-state index contributed by atoms with van der Waals surface area (Å²) in [6.45, 7) is 1.89. The molecule has 1 N–H and O–H groups in total. The molecule has 0 fully saturated rings. The average Bonchev–Trinajstić information content (AvgIpc) is 2.61. The Balaban J connectivity index is 2.25. The molecule has 0 amide bonds. The van der Waals surface area contributed by atoms with Gasteiger partial charge in [0, 0.05) is 11.3 Å². The molecule has 0 bridgehead atoms. The van der Waals surface area contributed by atoms with Crippen LogP contribution in [0.1, 0.15) is 43.9 Å². The first-order valence-corrected chi connectivity index (χ1v) is 7.32. The maximum absolute atomic E-state index is 11.1. The highest BCUT2D eigenvalue weighted by Gasteiger charge is 2.21. The third-order valence-corrected chi connectivity index (χ3v) is 4.63. The molecular weight excluding hydrogens is 248 g/mol. The van der Waals surface area contributed by atoms with Gasteiger partial charge in [-0.05, 0) is 32.1 Å². The minimum Gasteiger partial charge on any atom is -0.480 e. The zero-order valence-corrected chi connectivity index (χ0v) is 11.4. The van der Waals surface area contributed by atoms with Gasteiger partial charge in [0.25, 0.3) is 0 Å². The van der Waals surface area contributed by atoms with Crippen LogP contribution in [0.4, 0.5) is 0 Å². The van der Waals surface area contributed by atoms with Crippen molar-refractivity contribution in [3.05, 3.63) is 17.6 Å². The molecule has 1 aromatic heterocycles. The summed E-state index contributed by atoms with van der Waals surface area (Å²) < 4.78 is 0. The Morgan fingerprint density at radius 2 is 2.17 bits per heavy atom. The number of carboxylic acids is 1. The minimum atomic E-state index is -0.761. The lowest BCUT2D eigenvalue weighted by Crippen LogP contribution is -2.16.